The minimum Gasteiger partial charge on any atom is -0.475 e. The van der Waals surface area contributed by atoms with Crippen LogP contribution in [0, 0.1) is 5.41 Å². The van der Waals surface area contributed by atoms with Crippen LogP contribution in [-0.2, 0) is 9.47 Å². The maximum absolute atomic E-state index is 7.59. The zero-order chi connectivity index (χ0) is 10.2. The predicted octanol–water partition coefficient (Wildman–Crippen LogP) is 2.07. The van der Waals surface area contributed by atoms with Gasteiger partial charge in [0.05, 0.1) is 6.61 Å². The summed E-state index contributed by atoms with van der Waals surface area (Å²) in [4.78, 5) is 0. The summed E-state index contributed by atoms with van der Waals surface area (Å²) in [5.41, 5.74) is 0.795. The quantitative estimate of drug-likeness (QED) is 0.442. The highest BCUT2D eigenvalue weighted by Crippen LogP contribution is 2.00. The molecule has 14 heavy (non-hydrogen) atoms. The van der Waals surface area contributed by atoms with E-state index in [0.29, 0.717) is 19.8 Å². The molecule has 3 heteroatoms. The fourth-order valence-electron chi connectivity index (χ4n) is 1.02. The lowest BCUT2D eigenvalue weighted by Gasteiger charge is -2.06. The van der Waals surface area contributed by atoms with Gasteiger partial charge in [-0.05, 0) is 19.1 Å². The van der Waals surface area contributed by atoms with Crippen molar-refractivity contribution in [2.45, 2.75) is 6.92 Å². The summed E-state index contributed by atoms with van der Waals surface area (Å²) in [5.74, 6) is 0.199. The molecular weight excluding hydrogens is 178 g/mol. The van der Waals surface area contributed by atoms with Crippen LogP contribution in [0.5, 0.6) is 0 Å². The monoisotopic (exact) mass is 193 g/mol. The van der Waals surface area contributed by atoms with Crippen molar-refractivity contribution in [3.8, 4) is 0 Å². The van der Waals surface area contributed by atoms with Crippen LogP contribution in [0.1, 0.15) is 12.5 Å². The number of benzene rings is 1. The molecule has 0 saturated heterocycles. The minimum absolute atomic E-state index is 0.199. The summed E-state index contributed by atoms with van der Waals surface area (Å²) >= 11 is 0. The number of hydrogen-bond acceptors (Lipinski definition) is 3. The first-order chi connectivity index (χ1) is 6.84. The Balaban J connectivity index is 2.29. The van der Waals surface area contributed by atoms with Crippen LogP contribution in [0.3, 0.4) is 0 Å². The molecule has 1 N–H and O–H groups in total. The largest absolute Gasteiger partial charge is 0.475 e. The first kappa shape index (κ1) is 10.7. The van der Waals surface area contributed by atoms with E-state index in [9.17, 15) is 0 Å². The first-order valence-corrected chi connectivity index (χ1v) is 4.69. The molecule has 0 amide bonds. The van der Waals surface area contributed by atoms with Gasteiger partial charge in [-0.2, -0.15) is 0 Å². The maximum Gasteiger partial charge on any atom is 0.213 e. The van der Waals surface area contributed by atoms with Crippen molar-refractivity contribution in [1.29, 1.82) is 5.41 Å². The van der Waals surface area contributed by atoms with Crippen LogP contribution < -0.4 is 0 Å². The summed E-state index contributed by atoms with van der Waals surface area (Å²) < 4.78 is 10.3. The zero-order valence-corrected chi connectivity index (χ0v) is 8.32. The fourth-order valence-corrected chi connectivity index (χ4v) is 1.02. The molecule has 0 spiro atoms. The van der Waals surface area contributed by atoms with E-state index in [2.05, 4.69) is 0 Å². The van der Waals surface area contributed by atoms with Crippen molar-refractivity contribution in [3.05, 3.63) is 35.9 Å². The smallest absolute Gasteiger partial charge is 0.213 e. The van der Waals surface area contributed by atoms with Gasteiger partial charge in [-0.3, -0.25) is 5.41 Å². The van der Waals surface area contributed by atoms with Gasteiger partial charge < -0.3 is 9.47 Å². The van der Waals surface area contributed by atoms with Crippen molar-refractivity contribution >= 4 is 5.90 Å². The predicted molar refractivity (Wildman–Crippen MR) is 55.7 cm³/mol. The molecule has 0 aromatic heterocycles. The molecule has 0 aliphatic rings. The molecular formula is C11H15NO2. The summed E-state index contributed by atoms with van der Waals surface area (Å²) in [7, 11) is 0. The van der Waals surface area contributed by atoms with Crippen LogP contribution in [-0.4, -0.2) is 25.7 Å². The lowest BCUT2D eigenvalue weighted by Crippen LogP contribution is -2.10. The van der Waals surface area contributed by atoms with Crippen LogP contribution in [0.15, 0.2) is 30.3 Å². The molecule has 3 nitrogen and oxygen atoms in total. The Kier molecular flexibility index (Phi) is 4.72. The summed E-state index contributed by atoms with van der Waals surface area (Å²) in [6.07, 6.45) is 0. The maximum atomic E-state index is 7.59. The molecule has 0 heterocycles. The Hall–Kier alpha value is -1.35. The average molecular weight is 193 g/mol. The Morgan fingerprint density at radius 3 is 2.57 bits per heavy atom. The summed E-state index contributed by atoms with van der Waals surface area (Å²) in [6.45, 7) is 3.58. The summed E-state index contributed by atoms with van der Waals surface area (Å²) in [6, 6.07) is 9.38. The van der Waals surface area contributed by atoms with E-state index in [-0.39, 0.29) is 5.90 Å². The molecule has 1 aromatic rings. The third-order valence-corrected chi connectivity index (χ3v) is 1.71. The van der Waals surface area contributed by atoms with Crippen molar-refractivity contribution in [3.63, 3.8) is 0 Å². The second-order valence-corrected chi connectivity index (χ2v) is 2.74. The van der Waals surface area contributed by atoms with Gasteiger partial charge in [0.15, 0.2) is 0 Å². The second-order valence-electron chi connectivity index (χ2n) is 2.74. The van der Waals surface area contributed by atoms with Crippen molar-refractivity contribution < 1.29 is 9.47 Å². The van der Waals surface area contributed by atoms with Crippen LogP contribution in [0.4, 0.5) is 0 Å². The van der Waals surface area contributed by atoms with Gasteiger partial charge >= 0.3 is 0 Å². The highest BCUT2D eigenvalue weighted by molar-refractivity contribution is 5.91. The molecule has 0 aliphatic heterocycles. The molecule has 0 fully saturated rings. The molecule has 1 aromatic carbocycles. The topological polar surface area (TPSA) is 42.3 Å². The standard InChI is InChI=1S/C11H15NO2/c1-2-13-8-9-14-11(12)10-6-4-3-5-7-10/h3-7,12H,2,8-9H2,1H3. The molecule has 0 unspecified atom stereocenters. The van der Waals surface area contributed by atoms with Gasteiger partial charge in [0.25, 0.3) is 0 Å². The third-order valence-electron chi connectivity index (χ3n) is 1.71. The molecule has 0 atom stereocenters. The van der Waals surface area contributed by atoms with Gasteiger partial charge in [-0.25, -0.2) is 0 Å². The third kappa shape index (κ3) is 3.58. The molecule has 0 saturated carbocycles. The van der Waals surface area contributed by atoms with Crippen LogP contribution in [0.25, 0.3) is 0 Å². The Labute approximate surface area is 84.2 Å². The number of hydrogen-bond donors (Lipinski definition) is 1. The average Bonchev–Trinajstić information content (AvgIpc) is 2.25. The van der Waals surface area contributed by atoms with E-state index in [4.69, 9.17) is 14.9 Å². The number of ether oxygens (including phenoxy) is 2. The molecule has 1 rings (SSSR count). The van der Waals surface area contributed by atoms with Crippen molar-refractivity contribution in [2.75, 3.05) is 19.8 Å². The highest BCUT2D eigenvalue weighted by atomic mass is 16.5. The molecule has 0 bridgehead atoms. The van der Waals surface area contributed by atoms with E-state index in [1.54, 1.807) is 0 Å². The zero-order valence-electron chi connectivity index (χ0n) is 8.32. The minimum atomic E-state index is 0.199. The normalized spacial score (nSPS) is 9.79. The van der Waals surface area contributed by atoms with E-state index in [1.807, 2.05) is 37.3 Å². The van der Waals surface area contributed by atoms with Gasteiger partial charge in [0.1, 0.15) is 6.61 Å². The first-order valence-electron chi connectivity index (χ1n) is 4.69. The van der Waals surface area contributed by atoms with Crippen LogP contribution in [0.2, 0.25) is 0 Å². The molecule has 76 valence electrons. The van der Waals surface area contributed by atoms with E-state index in [1.165, 1.54) is 0 Å². The number of nitrogens with one attached hydrogen (secondary N) is 1. The van der Waals surface area contributed by atoms with E-state index < -0.39 is 0 Å². The lowest BCUT2D eigenvalue weighted by atomic mass is 10.2. The molecule has 0 radical (unpaired) electrons. The van der Waals surface area contributed by atoms with Gasteiger partial charge in [-0.1, -0.05) is 18.2 Å². The molecule has 0 aliphatic carbocycles. The van der Waals surface area contributed by atoms with E-state index >= 15 is 0 Å². The fraction of sp³-hybridized carbons (Fsp3) is 0.364. The van der Waals surface area contributed by atoms with E-state index in [0.717, 1.165) is 5.56 Å². The Bertz CT molecular complexity index is 272. The van der Waals surface area contributed by atoms with Gasteiger partial charge in [0, 0.05) is 12.2 Å². The Morgan fingerprint density at radius 2 is 1.93 bits per heavy atom. The van der Waals surface area contributed by atoms with Gasteiger partial charge in [0.2, 0.25) is 5.90 Å². The second kappa shape index (κ2) is 6.16. The summed E-state index contributed by atoms with van der Waals surface area (Å²) in [5, 5.41) is 7.59. The highest BCUT2D eigenvalue weighted by Gasteiger charge is 1.99. The van der Waals surface area contributed by atoms with Crippen molar-refractivity contribution in [1.82, 2.24) is 0 Å². The van der Waals surface area contributed by atoms with Gasteiger partial charge in [-0.15, -0.1) is 0 Å². The Morgan fingerprint density at radius 1 is 1.21 bits per heavy atom. The van der Waals surface area contributed by atoms with Crippen LogP contribution >= 0.6 is 0 Å². The lowest BCUT2D eigenvalue weighted by molar-refractivity contribution is 0.106. The van der Waals surface area contributed by atoms with Crippen molar-refractivity contribution in [2.24, 2.45) is 0 Å². The SMILES string of the molecule is CCOCCOC(=N)c1ccccc1. The number of rotatable bonds is 5.